The van der Waals surface area contributed by atoms with E-state index in [1.165, 1.54) is 0 Å². The monoisotopic (exact) mass is 513 g/mol. The molecule has 0 aliphatic carbocycles. The minimum Gasteiger partial charge on any atom is -0.354 e. The molecule has 1 N–H and O–H groups in total. The molecule has 1 heterocycles. The number of hydrogen-bond acceptors (Lipinski definition) is 5. The molecule has 1 atom stereocenters. The van der Waals surface area contributed by atoms with Gasteiger partial charge in [0, 0.05) is 29.5 Å². The van der Waals surface area contributed by atoms with Crippen LogP contribution in [0.3, 0.4) is 0 Å². The fourth-order valence-electron chi connectivity index (χ4n) is 3.97. The van der Waals surface area contributed by atoms with Crippen LogP contribution in [0.1, 0.15) is 46.5 Å². The Kier molecular flexibility index (Phi) is 11.1. The van der Waals surface area contributed by atoms with E-state index >= 15 is 0 Å². The second-order valence-corrected chi connectivity index (χ2v) is 10.0. The molecule has 3 rings (SSSR count). The van der Waals surface area contributed by atoms with Crippen molar-refractivity contribution in [2.45, 2.75) is 57.7 Å². The van der Waals surface area contributed by atoms with Crippen LogP contribution in [0.25, 0.3) is 17.1 Å². The third-order valence-corrected chi connectivity index (χ3v) is 7.30. The number of halogens is 1. The Balaban J connectivity index is 1.54. The average molecular weight is 514 g/mol. The lowest BCUT2D eigenvalue weighted by Gasteiger charge is -2.19. The number of hydrogen-bond donors (Lipinski definition) is 1. The molecule has 1 aromatic heterocycles. The quantitative estimate of drug-likeness (QED) is 0.209. The number of carbonyl (C=O) groups excluding carboxylic acids is 1. The molecule has 3 aromatic rings. The first-order valence-corrected chi connectivity index (χ1v) is 13.8. The third-order valence-electron chi connectivity index (χ3n) is 5.96. The van der Waals surface area contributed by atoms with Crippen LogP contribution in [-0.4, -0.2) is 57.0 Å². The van der Waals surface area contributed by atoms with Gasteiger partial charge in [-0.1, -0.05) is 67.5 Å². The summed E-state index contributed by atoms with van der Waals surface area (Å²) in [7, 11) is 0. The van der Waals surface area contributed by atoms with Gasteiger partial charge in [0.15, 0.2) is 11.0 Å². The Hall–Kier alpha value is -2.35. The maximum Gasteiger partial charge on any atom is 0.220 e. The summed E-state index contributed by atoms with van der Waals surface area (Å²) in [5.74, 6) is 1.60. The molecular formula is C27H36ClN5OS. The van der Waals surface area contributed by atoms with E-state index in [2.05, 4.69) is 41.2 Å². The van der Waals surface area contributed by atoms with Gasteiger partial charge in [-0.25, -0.2) is 0 Å². The third kappa shape index (κ3) is 8.09. The molecule has 0 saturated carbocycles. The topological polar surface area (TPSA) is 63.1 Å². The molecule has 0 fully saturated rings. The molecule has 0 aliphatic rings. The molecule has 188 valence electrons. The fourth-order valence-corrected chi connectivity index (χ4v) is 5.08. The zero-order valence-electron chi connectivity index (χ0n) is 20.9. The number of para-hydroxylation sites is 1. The lowest BCUT2D eigenvalue weighted by Crippen LogP contribution is -2.33. The van der Waals surface area contributed by atoms with E-state index in [1.54, 1.807) is 11.8 Å². The first-order valence-electron chi connectivity index (χ1n) is 12.4. The molecule has 0 spiro atoms. The van der Waals surface area contributed by atoms with Crippen LogP contribution >= 0.6 is 23.4 Å². The van der Waals surface area contributed by atoms with E-state index in [4.69, 9.17) is 11.6 Å². The van der Waals surface area contributed by atoms with E-state index < -0.39 is 0 Å². The van der Waals surface area contributed by atoms with Crippen molar-refractivity contribution < 1.29 is 4.79 Å². The Morgan fingerprint density at radius 3 is 2.49 bits per heavy atom. The van der Waals surface area contributed by atoms with Gasteiger partial charge >= 0.3 is 0 Å². The lowest BCUT2D eigenvalue weighted by atomic mass is 10.1. The first kappa shape index (κ1) is 27.2. The van der Waals surface area contributed by atoms with Crippen LogP contribution in [-0.2, 0) is 4.79 Å². The fraction of sp³-hybridized carbons (Fsp3) is 0.444. The number of nitrogens with zero attached hydrogens (tertiary/aromatic N) is 4. The van der Waals surface area contributed by atoms with E-state index in [0.717, 1.165) is 61.1 Å². The van der Waals surface area contributed by atoms with Crippen molar-refractivity contribution in [1.82, 2.24) is 25.0 Å². The van der Waals surface area contributed by atoms with E-state index in [1.807, 2.05) is 59.2 Å². The second-order valence-electron chi connectivity index (χ2n) is 8.55. The summed E-state index contributed by atoms with van der Waals surface area (Å²) in [5, 5.41) is 13.5. The normalized spacial score (nSPS) is 12.1. The van der Waals surface area contributed by atoms with Crippen molar-refractivity contribution in [2.75, 3.05) is 25.4 Å². The highest BCUT2D eigenvalue weighted by Crippen LogP contribution is 2.32. The van der Waals surface area contributed by atoms with E-state index in [9.17, 15) is 4.79 Å². The lowest BCUT2D eigenvalue weighted by molar-refractivity contribution is -0.121. The van der Waals surface area contributed by atoms with Gasteiger partial charge in [-0.3, -0.25) is 9.36 Å². The molecule has 2 aromatic carbocycles. The highest BCUT2D eigenvalue weighted by Gasteiger charge is 2.18. The predicted octanol–water partition coefficient (Wildman–Crippen LogP) is 6.09. The average Bonchev–Trinajstić information content (AvgIpc) is 3.29. The second kappa shape index (κ2) is 14.3. The first-order chi connectivity index (χ1) is 17.0. The van der Waals surface area contributed by atoms with Crippen molar-refractivity contribution in [3.05, 3.63) is 59.6 Å². The molecule has 6 nitrogen and oxygen atoms in total. The Labute approximate surface area is 218 Å². The molecule has 35 heavy (non-hydrogen) atoms. The number of amides is 1. The van der Waals surface area contributed by atoms with Crippen LogP contribution in [0.2, 0.25) is 5.02 Å². The molecule has 0 bridgehead atoms. The van der Waals surface area contributed by atoms with Crippen LogP contribution in [0.4, 0.5) is 0 Å². The summed E-state index contributed by atoms with van der Waals surface area (Å²) < 4.78 is 2.03. The van der Waals surface area contributed by atoms with E-state index in [-0.39, 0.29) is 11.9 Å². The summed E-state index contributed by atoms with van der Waals surface area (Å²) in [4.78, 5) is 14.8. The van der Waals surface area contributed by atoms with Crippen molar-refractivity contribution in [3.8, 4) is 17.1 Å². The van der Waals surface area contributed by atoms with Crippen molar-refractivity contribution in [2.24, 2.45) is 0 Å². The van der Waals surface area contributed by atoms with Gasteiger partial charge in [0.2, 0.25) is 5.91 Å². The predicted molar refractivity (Wildman–Crippen MR) is 146 cm³/mol. The minimum absolute atomic E-state index is 0.113. The zero-order valence-corrected chi connectivity index (χ0v) is 22.5. The van der Waals surface area contributed by atoms with Gasteiger partial charge in [0.05, 0.1) is 5.02 Å². The van der Waals surface area contributed by atoms with Gasteiger partial charge in [-0.15, -0.1) is 10.2 Å². The van der Waals surface area contributed by atoms with Crippen LogP contribution in [0.5, 0.6) is 0 Å². The minimum atomic E-state index is 0.113. The van der Waals surface area contributed by atoms with Gasteiger partial charge < -0.3 is 10.2 Å². The summed E-state index contributed by atoms with van der Waals surface area (Å²) in [6.45, 7) is 9.70. The highest BCUT2D eigenvalue weighted by atomic mass is 35.5. The number of rotatable bonds is 14. The van der Waals surface area contributed by atoms with Crippen molar-refractivity contribution >= 4 is 29.3 Å². The van der Waals surface area contributed by atoms with Crippen molar-refractivity contribution in [1.29, 1.82) is 0 Å². The molecule has 8 heteroatoms. The van der Waals surface area contributed by atoms with Gasteiger partial charge in [-0.2, -0.15) is 0 Å². The van der Waals surface area contributed by atoms with Crippen LogP contribution < -0.4 is 5.32 Å². The van der Waals surface area contributed by atoms with Gasteiger partial charge in [0.1, 0.15) is 0 Å². The maximum absolute atomic E-state index is 12.4. The Morgan fingerprint density at radius 1 is 1.06 bits per heavy atom. The SMILES string of the molecule is CCN(CC)CCCC(C)NC(=O)CCCSc1nnc(-c2ccccc2Cl)n1-c1ccccc1. The molecular weight excluding hydrogens is 478 g/mol. The summed E-state index contributed by atoms with van der Waals surface area (Å²) >= 11 is 8.06. The standard InChI is InChI=1S/C27H36ClN5OS/c1-4-32(5-2)19-11-13-21(3)29-25(34)18-12-20-35-27-31-30-26(23-16-9-10-17-24(23)28)33(27)22-14-7-6-8-15-22/h6-10,14-17,21H,4-5,11-13,18-20H2,1-3H3,(H,29,34). The Morgan fingerprint density at radius 2 is 1.77 bits per heavy atom. The number of carbonyl (C=O) groups is 1. The summed E-state index contributed by atoms with van der Waals surface area (Å²) in [6, 6.07) is 17.9. The summed E-state index contributed by atoms with van der Waals surface area (Å²) in [6.07, 6.45) is 3.37. The molecule has 1 amide bonds. The molecule has 0 radical (unpaired) electrons. The highest BCUT2D eigenvalue weighted by molar-refractivity contribution is 7.99. The zero-order chi connectivity index (χ0) is 25.0. The summed E-state index contributed by atoms with van der Waals surface area (Å²) in [5.41, 5.74) is 1.82. The molecule has 1 unspecified atom stereocenters. The van der Waals surface area contributed by atoms with Crippen LogP contribution in [0, 0.1) is 0 Å². The van der Waals surface area contributed by atoms with E-state index in [0.29, 0.717) is 17.3 Å². The van der Waals surface area contributed by atoms with Gasteiger partial charge in [0.25, 0.3) is 0 Å². The number of thioether (sulfide) groups is 1. The number of nitrogens with one attached hydrogen (secondary N) is 1. The Bertz CT molecular complexity index is 1050. The smallest absolute Gasteiger partial charge is 0.220 e. The number of benzene rings is 2. The molecule has 0 aliphatic heterocycles. The van der Waals surface area contributed by atoms with Crippen molar-refractivity contribution in [3.63, 3.8) is 0 Å². The van der Waals surface area contributed by atoms with Crippen LogP contribution in [0.15, 0.2) is 59.8 Å². The van der Waals surface area contributed by atoms with Gasteiger partial charge in [-0.05, 0) is 70.1 Å². The largest absolute Gasteiger partial charge is 0.354 e. The molecule has 0 saturated heterocycles. The maximum atomic E-state index is 12.4. The number of aromatic nitrogens is 3.